The average Bonchev–Trinajstić information content (AvgIpc) is 3.32. The van der Waals surface area contributed by atoms with E-state index in [-0.39, 0.29) is 24.1 Å². The van der Waals surface area contributed by atoms with Gasteiger partial charge in [-0.1, -0.05) is 6.07 Å². The van der Waals surface area contributed by atoms with Crippen LogP contribution in [0.2, 0.25) is 0 Å². The van der Waals surface area contributed by atoms with Crippen molar-refractivity contribution in [1.82, 2.24) is 20.4 Å². The number of carbonyl (C=O) groups is 2. The Morgan fingerprint density at radius 3 is 2.96 bits per heavy atom. The first kappa shape index (κ1) is 19.9. The van der Waals surface area contributed by atoms with Crippen LogP contribution in [0, 0.1) is 5.82 Å². The second kappa shape index (κ2) is 8.86. The Labute approximate surface area is 163 Å². The van der Waals surface area contributed by atoms with Crippen molar-refractivity contribution in [3.63, 3.8) is 0 Å². The number of rotatable bonds is 9. The van der Waals surface area contributed by atoms with Crippen molar-refractivity contribution in [2.24, 2.45) is 0 Å². The van der Waals surface area contributed by atoms with E-state index >= 15 is 0 Å². The van der Waals surface area contributed by atoms with E-state index in [1.807, 2.05) is 12.3 Å². The molecule has 0 spiro atoms. The van der Waals surface area contributed by atoms with E-state index < -0.39 is 5.54 Å². The third kappa shape index (κ3) is 5.09. The topological polar surface area (TPSA) is 85.2 Å². The molecule has 2 aromatic rings. The Morgan fingerprint density at radius 2 is 2.32 bits per heavy atom. The van der Waals surface area contributed by atoms with Gasteiger partial charge in [0.05, 0.1) is 13.7 Å². The Bertz CT molecular complexity index is 825. The summed E-state index contributed by atoms with van der Waals surface area (Å²) >= 11 is 0. The summed E-state index contributed by atoms with van der Waals surface area (Å²) in [6.45, 7) is 1.07. The molecule has 1 saturated heterocycles. The van der Waals surface area contributed by atoms with Crippen molar-refractivity contribution in [2.75, 3.05) is 13.7 Å². The lowest BCUT2D eigenvalue weighted by Crippen LogP contribution is -2.45. The number of nitrogens with zero attached hydrogens (tertiary/aromatic N) is 2. The first-order valence-corrected chi connectivity index (χ1v) is 9.37. The predicted molar refractivity (Wildman–Crippen MR) is 101 cm³/mol. The second-order valence-electron chi connectivity index (χ2n) is 7.08. The summed E-state index contributed by atoms with van der Waals surface area (Å²) in [5.74, 6) is -0.0817. The van der Waals surface area contributed by atoms with Gasteiger partial charge in [0.2, 0.25) is 11.8 Å². The summed E-state index contributed by atoms with van der Waals surface area (Å²) in [4.78, 5) is 24.1. The van der Waals surface area contributed by atoms with Gasteiger partial charge >= 0.3 is 0 Å². The highest BCUT2D eigenvalue weighted by Gasteiger charge is 2.38. The van der Waals surface area contributed by atoms with E-state index in [0.717, 1.165) is 0 Å². The molecule has 2 N–H and O–H groups in total. The smallest absolute Gasteiger partial charge is 0.220 e. The fourth-order valence-corrected chi connectivity index (χ4v) is 3.53. The van der Waals surface area contributed by atoms with Crippen molar-refractivity contribution in [2.45, 2.75) is 44.2 Å². The molecule has 1 atom stereocenters. The van der Waals surface area contributed by atoms with Crippen LogP contribution in [0.1, 0.15) is 31.2 Å². The minimum Gasteiger partial charge on any atom is -0.497 e. The number of methoxy groups -OCH3 is 1. The van der Waals surface area contributed by atoms with Gasteiger partial charge in [-0.3, -0.25) is 14.3 Å². The molecule has 7 nitrogen and oxygen atoms in total. The van der Waals surface area contributed by atoms with Crippen LogP contribution in [-0.4, -0.2) is 40.8 Å². The summed E-state index contributed by atoms with van der Waals surface area (Å²) < 4.78 is 21.2. The minimum absolute atomic E-state index is 0.0620. The van der Waals surface area contributed by atoms with Crippen molar-refractivity contribution in [3.05, 3.63) is 48.0 Å². The summed E-state index contributed by atoms with van der Waals surface area (Å²) in [5.41, 5.74) is -0.103. The lowest BCUT2D eigenvalue weighted by atomic mass is 9.84. The molecule has 1 aromatic heterocycles. The van der Waals surface area contributed by atoms with Crippen LogP contribution in [0.5, 0.6) is 5.75 Å². The maximum absolute atomic E-state index is 14.4. The van der Waals surface area contributed by atoms with Crippen LogP contribution in [0.4, 0.5) is 4.39 Å². The molecule has 0 unspecified atom stereocenters. The molecule has 0 bridgehead atoms. The zero-order chi connectivity index (χ0) is 20.0. The number of hydrogen-bond acceptors (Lipinski definition) is 4. The summed E-state index contributed by atoms with van der Waals surface area (Å²) in [6.07, 6.45) is 5.55. The summed E-state index contributed by atoms with van der Waals surface area (Å²) in [5, 5.41) is 9.92. The van der Waals surface area contributed by atoms with Gasteiger partial charge in [0.1, 0.15) is 11.6 Å². The van der Waals surface area contributed by atoms with Crippen LogP contribution in [0.15, 0.2) is 36.7 Å². The molecular formula is C20H25FN4O3. The quantitative estimate of drug-likeness (QED) is 0.686. The highest BCUT2D eigenvalue weighted by atomic mass is 19.1. The molecule has 150 valence electrons. The minimum atomic E-state index is -0.605. The standard InChI is InChI=1S/C20H25FN4O3/c1-28-16-4-3-15(17(21)13-16)14-20(8-6-19(27)24-20)7-5-18(26)22-10-12-25-11-2-9-23-25/h2-4,9,11,13H,5-8,10,12,14H2,1H3,(H,22,26)(H,24,27)/t20-/m1/s1. The number of ether oxygens (including phenoxy) is 1. The third-order valence-corrected chi connectivity index (χ3v) is 5.08. The summed E-state index contributed by atoms with van der Waals surface area (Å²) in [7, 11) is 1.48. The average molecular weight is 388 g/mol. The van der Waals surface area contributed by atoms with Gasteiger partial charge in [0, 0.05) is 43.4 Å². The van der Waals surface area contributed by atoms with Crippen LogP contribution in [0.3, 0.4) is 0 Å². The molecule has 0 aliphatic carbocycles. The van der Waals surface area contributed by atoms with Gasteiger partial charge in [0.25, 0.3) is 0 Å². The van der Waals surface area contributed by atoms with Gasteiger partial charge in [-0.05, 0) is 37.0 Å². The molecule has 1 aliphatic heterocycles. The Hall–Kier alpha value is -2.90. The van der Waals surface area contributed by atoms with Crippen molar-refractivity contribution >= 4 is 11.8 Å². The lowest BCUT2D eigenvalue weighted by Gasteiger charge is -2.29. The molecule has 1 aromatic carbocycles. The maximum Gasteiger partial charge on any atom is 0.220 e. The monoisotopic (exact) mass is 388 g/mol. The molecule has 8 heteroatoms. The van der Waals surface area contributed by atoms with Crippen molar-refractivity contribution in [3.8, 4) is 5.75 Å². The van der Waals surface area contributed by atoms with E-state index in [4.69, 9.17) is 4.74 Å². The highest BCUT2D eigenvalue weighted by molar-refractivity contribution is 5.80. The fraction of sp³-hybridized carbons (Fsp3) is 0.450. The lowest BCUT2D eigenvalue weighted by molar-refractivity contribution is -0.122. The van der Waals surface area contributed by atoms with Crippen LogP contribution in [-0.2, 0) is 22.6 Å². The van der Waals surface area contributed by atoms with Crippen LogP contribution < -0.4 is 15.4 Å². The zero-order valence-corrected chi connectivity index (χ0v) is 15.9. The molecule has 0 saturated carbocycles. The van der Waals surface area contributed by atoms with Gasteiger partial charge in [-0.25, -0.2) is 4.39 Å². The SMILES string of the molecule is COc1ccc(C[C@@]2(CCC(=O)NCCn3cccn3)CCC(=O)N2)c(F)c1. The Morgan fingerprint density at radius 1 is 1.46 bits per heavy atom. The molecule has 1 aliphatic rings. The van der Waals surface area contributed by atoms with E-state index in [0.29, 0.717) is 50.1 Å². The Balaban J connectivity index is 1.57. The number of nitrogens with one attached hydrogen (secondary N) is 2. The predicted octanol–water partition coefficient (Wildman–Crippen LogP) is 1.82. The summed E-state index contributed by atoms with van der Waals surface area (Å²) in [6, 6.07) is 6.53. The van der Waals surface area contributed by atoms with Crippen molar-refractivity contribution in [1.29, 1.82) is 0 Å². The van der Waals surface area contributed by atoms with E-state index in [9.17, 15) is 14.0 Å². The van der Waals surface area contributed by atoms with Gasteiger partial charge in [-0.2, -0.15) is 5.10 Å². The molecule has 1 fully saturated rings. The molecule has 2 amide bonds. The van der Waals surface area contributed by atoms with E-state index in [1.165, 1.54) is 13.2 Å². The van der Waals surface area contributed by atoms with Crippen LogP contribution >= 0.6 is 0 Å². The number of carbonyl (C=O) groups excluding carboxylic acids is 2. The number of benzene rings is 1. The first-order valence-electron chi connectivity index (χ1n) is 9.37. The largest absolute Gasteiger partial charge is 0.497 e. The normalized spacial score (nSPS) is 18.7. The van der Waals surface area contributed by atoms with E-state index in [1.54, 1.807) is 23.0 Å². The molecule has 0 radical (unpaired) electrons. The molecule has 3 rings (SSSR count). The van der Waals surface area contributed by atoms with E-state index in [2.05, 4.69) is 15.7 Å². The number of aromatic nitrogens is 2. The first-order chi connectivity index (χ1) is 13.5. The fourth-order valence-electron chi connectivity index (χ4n) is 3.53. The van der Waals surface area contributed by atoms with Gasteiger partial charge in [-0.15, -0.1) is 0 Å². The van der Waals surface area contributed by atoms with Crippen LogP contribution in [0.25, 0.3) is 0 Å². The molecule has 28 heavy (non-hydrogen) atoms. The maximum atomic E-state index is 14.4. The molecular weight excluding hydrogens is 363 g/mol. The Kier molecular flexibility index (Phi) is 6.28. The van der Waals surface area contributed by atoms with Gasteiger partial charge < -0.3 is 15.4 Å². The zero-order valence-electron chi connectivity index (χ0n) is 15.9. The van der Waals surface area contributed by atoms with Crippen molar-refractivity contribution < 1.29 is 18.7 Å². The van der Waals surface area contributed by atoms with Gasteiger partial charge in [0.15, 0.2) is 0 Å². The highest BCUT2D eigenvalue weighted by Crippen LogP contribution is 2.31. The molecule has 2 heterocycles. The third-order valence-electron chi connectivity index (χ3n) is 5.08. The number of amides is 2. The number of halogens is 1. The second-order valence-corrected chi connectivity index (χ2v) is 7.08. The number of hydrogen-bond donors (Lipinski definition) is 2.